The highest BCUT2D eigenvalue weighted by molar-refractivity contribution is 7.89. The van der Waals surface area contributed by atoms with Gasteiger partial charge in [0.25, 0.3) is 0 Å². The van der Waals surface area contributed by atoms with Crippen LogP contribution in [0.4, 0.5) is 10.1 Å². The number of para-hydroxylation sites is 1. The number of ether oxygens (including phenoxy) is 1. The predicted molar refractivity (Wildman–Crippen MR) is 95.2 cm³/mol. The topological polar surface area (TPSA) is 66.9 Å². The lowest BCUT2D eigenvalue weighted by molar-refractivity contribution is 0.0600. The van der Waals surface area contributed by atoms with Crippen molar-refractivity contribution in [1.29, 1.82) is 0 Å². The van der Waals surface area contributed by atoms with Crippen LogP contribution in [0, 0.1) is 5.82 Å². The van der Waals surface area contributed by atoms with Gasteiger partial charge in [0.1, 0.15) is 5.82 Å². The lowest BCUT2D eigenvalue weighted by Crippen LogP contribution is -2.48. The minimum Gasteiger partial charge on any atom is -0.465 e. The number of anilines is 1. The van der Waals surface area contributed by atoms with Crippen LogP contribution in [0.2, 0.25) is 0 Å². The maximum absolute atomic E-state index is 13.9. The average Bonchev–Trinajstić information content (AvgIpc) is 2.68. The van der Waals surface area contributed by atoms with E-state index in [-0.39, 0.29) is 29.4 Å². The van der Waals surface area contributed by atoms with Gasteiger partial charge in [0.15, 0.2) is 0 Å². The summed E-state index contributed by atoms with van der Waals surface area (Å²) in [4.78, 5) is 13.4. The van der Waals surface area contributed by atoms with E-state index in [2.05, 4.69) is 4.74 Å². The summed E-state index contributed by atoms with van der Waals surface area (Å²) in [5.74, 6) is -0.838. The van der Waals surface area contributed by atoms with Crippen molar-refractivity contribution in [1.82, 2.24) is 4.31 Å². The van der Waals surface area contributed by atoms with Gasteiger partial charge in [0.05, 0.1) is 23.3 Å². The number of hydrogen-bond donors (Lipinski definition) is 0. The lowest BCUT2D eigenvalue weighted by Gasteiger charge is -2.35. The number of nitrogens with zero attached hydrogens (tertiary/aromatic N) is 2. The van der Waals surface area contributed by atoms with Gasteiger partial charge < -0.3 is 9.64 Å². The van der Waals surface area contributed by atoms with Gasteiger partial charge in [-0.3, -0.25) is 0 Å². The molecule has 0 saturated carbocycles. The molecule has 0 aromatic heterocycles. The first kappa shape index (κ1) is 18.3. The van der Waals surface area contributed by atoms with Gasteiger partial charge in [-0.25, -0.2) is 17.6 Å². The van der Waals surface area contributed by atoms with E-state index in [1.54, 1.807) is 18.2 Å². The van der Waals surface area contributed by atoms with E-state index < -0.39 is 16.0 Å². The van der Waals surface area contributed by atoms with E-state index in [4.69, 9.17) is 0 Å². The second-order valence-electron chi connectivity index (χ2n) is 5.86. The van der Waals surface area contributed by atoms with Crippen LogP contribution in [0.3, 0.4) is 0 Å². The minimum absolute atomic E-state index is 0.115. The Morgan fingerprint density at radius 3 is 2.19 bits per heavy atom. The molecule has 6 nitrogen and oxygen atoms in total. The van der Waals surface area contributed by atoms with Crippen LogP contribution in [0.1, 0.15) is 10.4 Å². The van der Waals surface area contributed by atoms with Gasteiger partial charge in [0.2, 0.25) is 10.0 Å². The summed E-state index contributed by atoms with van der Waals surface area (Å²) < 4.78 is 45.4. The second kappa shape index (κ2) is 7.43. The van der Waals surface area contributed by atoms with Crippen LogP contribution in [0.15, 0.2) is 53.4 Å². The fourth-order valence-electron chi connectivity index (χ4n) is 2.91. The normalized spacial score (nSPS) is 15.7. The first-order valence-electron chi connectivity index (χ1n) is 8.11. The number of hydrogen-bond acceptors (Lipinski definition) is 5. The van der Waals surface area contributed by atoms with Crippen molar-refractivity contribution in [3.05, 3.63) is 59.9 Å². The molecular weight excluding hydrogens is 359 g/mol. The second-order valence-corrected chi connectivity index (χ2v) is 7.80. The van der Waals surface area contributed by atoms with Gasteiger partial charge in [-0.2, -0.15) is 4.31 Å². The summed E-state index contributed by atoms with van der Waals surface area (Å²) in [5.41, 5.74) is 0.766. The molecule has 8 heteroatoms. The first-order chi connectivity index (χ1) is 12.4. The number of benzene rings is 2. The van der Waals surface area contributed by atoms with E-state index in [1.165, 1.54) is 41.7 Å². The van der Waals surface area contributed by atoms with Crippen LogP contribution < -0.4 is 4.90 Å². The van der Waals surface area contributed by atoms with Crippen molar-refractivity contribution in [2.75, 3.05) is 38.2 Å². The first-order valence-corrected chi connectivity index (χ1v) is 9.55. The Labute approximate surface area is 151 Å². The molecule has 0 radical (unpaired) electrons. The van der Waals surface area contributed by atoms with Crippen molar-refractivity contribution in [3.63, 3.8) is 0 Å². The molecule has 138 valence electrons. The zero-order valence-corrected chi connectivity index (χ0v) is 15.1. The molecule has 0 atom stereocenters. The lowest BCUT2D eigenvalue weighted by atomic mass is 10.2. The number of carbonyl (C=O) groups is 1. The summed E-state index contributed by atoms with van der Waals surface area (Å²) in [6.07, 6.45) is 0. The number of methoxy groups -OCH3 is 1. The summed E-state index contributed by atoms with van der Waals surface area (Å²) in [6, 6.07) is 12.1. The summed E-state index contributed by atoms with van der Waals surface area (Å²) in [5, 5.41) is 0. The van der Waals surface area contributed by atoms with E-state index in [1.807, 2.05) is 4.90 Å². The summed E-state index contributed by atoms with van der Waals surface area (Å²) in [6.45, 7) is 1.33. The highest BCUT2D eigenvalue weighted by Crippen LogP contribution is 2.23. The Kier molecular flexibility index (Phi) is 5.24. The van der Waals surface area contributed by atoms with Gasteiger partial charge in [0, 0.05) is 26.2 Å². The highest BCUT2D eigenvalue weighted by Gasteiger charge is 2.29. The molecule has 0 bridgehead atoms. The molecule has 1 aliphatic rings. The molecule has 0 N–H and O–H groups in total. The molecule has 2 aromatic rings. The molecule has 1 aliphatic heterocycles. The van der Waals surface area contributed by atoms with Crippen molar-refractivity contribution >= 4 is 21.7 Å². The third-order valence-electron chi connectivity index (χ3n) is 4.34. The maximum atomic E-state index is 13.9. The van der Waals surface area contributed by atoms with Gasteiger partial charge in [-0.05, 0) is 36.4 Å². The van der Waals surface area contributed by atoms with E-state index in [0.717, 1.165) is 0 Å². The standard InChI is InChI=1S/C18H19FN2O4S/c1-25-18(22)14-6-8-15(9-7-14)26(23,24)21-12-10-20(11-13-21)17-5-3-2-4-16(17)19/h2-9H,10-13H2,1H3. The zero-order valence-electron chi connectivity index (χ0n) is 14.3. The van der Waals surface area contributed by atoms with Crippen LogP contribution in [-0.4, -0.2) is 52.0 Å². The number of carbonyl (C=O) groups excluding carboxylic acids is 1. The summed E-state index contributed by atoms with van der Waals surface area (Å²) in [7, 11) is -2.40. The Balaban J connectivity index is 1.72. The number of piperazine rings is 1. The molecule has 0 unspecified atom stereocenters. The van der Waals surface area contributed by atoms with Crippen LogP contribution >= 0.6 is 0 Å². The third kappa shape index (κ3) is 3.56. The van der Waals surface area contributed by atoms with Crippen LogP contribution in [0.5, 0.6) is 0 Å². The Bertz CT molecular complexity index is 892. The van der Waals surface area contributed by atoms with Gasteiger partial charge >= 0.3 is 5.97 Å². The number of sulfonamides is 1. The van der Waals surface area contributed by atoms with Crippen molar-refractivity contribution in [2.45, 2.75) is 4.90 Å². The van der Waals surface area contributed by atoms with E-state index in [9.17, 15) is 17.6 Å². The number of rotatable bonds is 4. The molecule has 0 aliphatic carbocycles. The average molecular weight is 378 g/mol. The third-order valence-corrected chi connectivity index (χ3v) is 6.26. The smallest absolute Gasteiger partial charge is 0.337 e. The molecular formula is C18H19FN2O4S. The maximum Gasteiger partial charge on any atom is 0.337 e. The SMILES string of the molecule is COC(=O)c1ccc(S(=O)(=O)N2CCN(c3ccccc3F)CC2)cc1. The predicted octanol–water partition coefficient (Wildman–Crippen LogP) is 2.12. The molecule has 1 heterocycles. The quantitative estimate of drug-likeness (QED) is 0.763. The molecule has 2 aromatic carbocycles. The van der Waals surface area contributed by atoms with Crippen molar-refractivity contribution in [3.8, 4) is 0 Å². The van der Waals surface area contributed by atoms with Crippen molar-refractivity contribution < 1.29 is 22.3 Å². The fraction of sp³-hybridized carbons (Fsp3) is 0.278. The van der Waals surface area contributed by atoms with Crippen molar-refractivity contribution in [2.24, 2.45) is 0 Å². The molecule has 3 rings (SSSR count). The molecule has 1 fully saturated rings. The largest absolute Gasteiger partial charge is 0.465 e. The number of halogens is 1. The monoisotopic (exact) mass is 378 g/mol. The van der Waals surface area contributed by atoms with E-state index in [0.29, 0.717) is 18.8 Å². The Morgan fingerprint density at radius 2 is 1.62 bits per heavy atom. The Hall–Kier alpha value is -2.45. The molecule has 26 heavy (non-hydrogen) atoms. The Morgan fingerprint density at radius 1 is 1.00 bits per heavy atom. The molecule has 0 amide bonds. The highest BCUT2D eigenvalue weighted by atomic mass is 32.2. The number of esters is 1. The van der Waals surface area contributed by atoms with Crippen LogP contribution in [-0.2, 0) is 14.8 Å². The zero-order chi connectivity index (χ0) is 18.7. The van der Waals surface area contributed by atoms with Gasteiger partial charge in [-0.1, -0.05) is 12.1 Å². The van der Waals surface area contributed by atoms with E-state index >= 15 is 0 Å². The van der Waals surface area contributed by atoms with Crippen LogP contribution in [0.25, 0.3) is 0 Å². The summed E-state index contributed by atoms with van der Waals surface area (Å²) >= 11 is 0. The fourth-order valence-corrected chi connectivity index (χ4v) is 4.33. The molecule has 1 saturated heterocycles. The molecule has 0 spiro atoms. The minimum atomic E-state index is -3.67. The van der Waals surface area contributed by atoms with Gasteiger partial charge in [-0.15, -0.1) is 0 Å².